The summed E-state index contributed by atoms with van der Waals surface area (Å²) in [6.45, 7) is -0.563. The quantitative estimate of drug-likeness (QED) is 0.643. The van der Waals surface area contributed by atoms with Crippen LogP contribution in [0.15, 0.2) is 29.6 Å². The van der Waals surface area contributed by atoms with Gasteiger partial charge in [-0.25, -0.2) is 4.79 Å². The zero-order valence-electron chi connectivity index (χ0n) is 15.1. The molecular weight excluding hydrogens is 417 g/mol. The smallest absolute Gasteiger partial charge is 0.390 e. The number of nitrogens with zero attached hydrogens (tertiary/aromatic N) is 1. The van der Waals surface area contributed by atoms with Gasteiger partial charge in [0, 0.05) is 28.1 Å². The molecule has 5 nitrogen and oxygen atoms in total. The molecule has 0 aliphatic rings. The number of nitrogens with one attached hydrogen (secondary N) is 1. The Morgan fingerprint density at radius 2 is 1.93 bits per heavy atom. The van der Waals surface area contributed by atoms with E-state index in [0.29, 0.717) is 16.1 Å². The van der Waals surface area contributed by atoms with Gasteiger partial charge in [-0.1, -0.05) is 29.8 Å². The van der Waals surface area contributed by atoms with Crippen LogP contribution in [0.25, 0.3) is 11.1 Å². The van der Waals surface area contributed by atoms with Crippen LogP contribution in [0.1, 0.15) is 16.8 Å². The van der Waals surface area contributed by atoms with Gasteiger partial charge < -0.3 is 10.1 Å². The van der Waals surface area contributed by atoms with Gasteiger partial charge in [0.25, 0.3) is 0 Å². The van der Waals surface area contributed by atoms with Crippen molar-refractivity contribution in [2.75, 3.05) is 32.6 Å². The molecule has 0 bridgehead atoms. The molecule has 28 heavy (non-hydrogen) atoms. The molecule has 0 atom stereocenters. The number of carbonyl (C=O) groups excluding carboxylic acids is 2. The number of halogens is 4. The van der Waals surface area contributed by atoms with E-state index in [2.05, 4.69) is 5.32 Å². The SMILES string of the molecule is COC(=O)c1c(-c2ccccc2Cl)csc1NC(=O)CN(C)CCC(F)(F)F. The Morgan fingerprint density at radius 1 is 1.25 bits per heavy atom. The molecule has 1 heterocycles. The van der Waals surface area contributed by atoms with E-state index >= 15 is 0 Å². The lowest BCUT2D eigenvalue weighted by Gasteiger charge is -2.17. The molecule has 2 aromatic rings. The Balaban J connectivity index is 2.19. The highest BCUT2D eigenvalue weighted by Crippen LogP contribution is 2.39. The molecule has 1 aromatic carbocycles. The zero-order valence-corrected chi connectivity index (χ0v) is 16.7. The molecule has 0 fully saturated rings. The first-order valence-electron chi connectivity index (χ1n) is 8.12. The first kappa shape index (κ1) is 22.2. The minimum Gasteiger partial charge on any atom is -0.465 e. The average molecular weight is 435 g/mol. The predicted octanol–water partition coefficient (Wildman–Crippen LogP) is 4.68. The molecule has 0 saturated carbocycles. The van der Waals surface area contributed by atoms with Crippen LogP contribution in [-0.4, -0.2) is 50.2 Å². The van der Waals surface area contributed by atoms with Gasteiger partial charge in [-0.3, -0.25) is 9.69 Å². The van der Waals surface area contributed by atoms with Crippen molar-refractivity contribution in [2.24, 2.45) is 0 Å². The van der Waals surface area contributed by atoms with Crippen LogP contribution < -0.4 is 5.32 Å². The maximum Gasteiger partial charge on any atom is 0.390 e. The van der Waals surface area contributed by atoms with Crippen LogP contribution in [0.5, 0.6) is 0 Å². The van der Waals surface area contributed by atoms with Gasteiger partial charge in [-0.15, -0.1) is 11.3 Å². The molecule has 1 amide bonds. The minimum atomic E-state index is -4.29. The number of ether oxygens (including phenoxy) is 1. The van der Waals surface area contributed by atoms with Crippen LogP contribution in [0, 0.1) is 0 Å². The summed E-state index contributed by atoms with van der Waals surface area (Å²) in [4.78, 5) is 25.7. The molecule has 1 N–H and O–H groups in total. The van der Waals surface area contributed by atoms with Gasteiger partial charge in [-0.2, -0.15) is 13.2 Å². The van der Waals surface area contributed by atoms with Crippen molar-refractivity contribution in [3.8, 4) is 11.1 Å². The van der Waals surface area contributed by atoms with Crippen LogP contribution in [0.2, 0.25) is 5.02 Å². The number of likely N-dealkylation sites (N-methyl/N-ethyl adjacent to an activating group) is 1. The molecule has 2 rings (SSSR count). The van der Waals surface area contributed by atoms with Gasteiger partial charge in [-0.05, 0) is 13.1 Å². The molecule has 0 saturated heterocycles. The number of thiophene rings is 1. The molecule has 0 aliphatic carbocycles. The lowest BCUT2D eigenvalue weighted by atomic mass is 10.0. The van der Waals surface area contributed by atoms with E-state index in [1.807, 2.05) is 0 Å². The summed E-state index contributed by atoms with van der Waals surface area (Å²) >= 11 is 7.31. The number of carbonyl (C=O) groups is 2. The number of alkyl halides is 3. The minimum absolute atomic E-state index is 0.145. The second-order valence-electron chi connectivity index (χ2n) is 5.98. The van der Waals surface area contributed by atoms with Crippen LogP contribution in [0.3, 0.4) is 0 Å². The number of amides is 1. The topological polar surface area (TPSA) is 58.6 Å². The standard InChI is InChI=1S/C18H18ClF3N2O3S/c1-24(8-7-18(20,21)22)9-14(25)23-16-15(17(26)27-2)12(10-28-16)11-5-3-4-6-13(11)19/h3-6,10H,7-9H2,1-2H3,(H,23,25). The second-order valence-corrected chi connectivity index (χ2v) is 7.26. The summed E-state index contributed by atoms with van der Waals surface area (Å²) in [7, 11) is 2.63. The largest absolute Gasteiger partial charge is 0.465 e. The van der Waals surface area contributed by atoms with Gasteiger partial charge in [0.1, 0.15) is 10.6 Å². The van der Waals surface area contributed by atoms with E-state index < -0.39 is 24.5 Å². The van der Waals surface area contributed by atoms with Crippen molar-refractivity contribution in [2.45, 2.75) is 12.6 Å². The zero-order chi connectivity index (χ0) is 20.9. The van der Waals surface area contributed by atoms with Gasteiger partial charge in [0.05, 0.1) is 20.1 Å². The third kappa shape index (κ3) is 5.95. The molecule has 0 aliphatic heterocycles. The number of anilines is 1. The van der Waals surface area contributed by atoms with Crippen molar-refractivity contribution in [1.82, 2.24) is 4.90 Å². The number of benzene rings is 1. The first-order valence-corrected chi connectivity index (χ1v) is 9.38. The Morgan fingerprint density at radius 3 is 2.54 bits per heavy atom. The second kappa shape index (κ2) is 9.40. The van der Waals surface area contributed by atoms with Crippen molar-refractivity contribution in [1.29, 1.82) is 0 Å². The Labute approximate surface area is 169 Å². The van der Waals surface area contributed by atoms with Crippen molar-refractivity contribution < 1.29 is 27.5 Å². The highest BCUT2D eigenvalue weighted by Gasteiger charge is 2.28. The maximum atomic E-state index is 12.3. The highest BCUT2D eigenvalue weighted by molar-refractivity contribution is 7.15. The van der Waals surface area contributed by atoms with Crippen molar-refractivity contribution in [3.63, 3.8) is 0 Å². The van der Waals surface area contributed by atoms with E-state index in [1.54, 1.807) is 29.6 Å². The Hall–Kier alpha value is -2.10. The van der Waals surface area contributed by atoms with E-state index in [0.717, 1.165) is 11.3 Å². The molecule has 0 unspecified atom stereocenters. The average Bonchev–Trinajstić information content (AvgIpc) is 3.02. The maximum absolute atomic E-state index is 12.3. The first-order chi connectivity index (χ1) is 13.1. The van der Waals surface area contributed by atoms with Gasteiger partial charge in [0.2, 0.25) is 5.91 Å². The predicted molar refractivity (Wildman–Crippen MR) is 103 cm³/mol. The van der Waals surface area contributed by atoms with Crippen LogP contribution >= 0.6 is 22.9 Å². The van der Waals surface area contributed by atoms with Crippen molar-refractivity contribution in [3.05, 3.63) is 40.2 Å². The molecular formula is C18H18ClF3N2O3S. The van der Waals surface area contributed by atoms with E-state index in [4.69, 9.17) is 16.3 Å². The summed E-state index contributed by atoms with van der Waals surface area (Å²) < 4.78 is 41.7. The highest BCUT2D eigenvalue weighted by atomic mass is 35.5. The number of esters is 1. The lowest BCUT2D eigenvalue weighted by molar-refractivity contribution is -0.138. The summed E-state index contributed by atoms with van der Waals surface area (Å²) in [6, 6.07) is 6.90. The number of rotatable bonds is 7. The molecule has 0 radical (unpaired) electrons. The number of methoxy groups -OCH3 is 1. The molecule has 0 spiro atoms. The van der Waals surface area contributed by atoms with E-state index in [9.17, 15) is 22.8 Å². The van der Waals surface area contributed by atoms with Gasteiger partial charge in [0.15, 0.2) is 0 Å². The normalized spacial score (nSPS) is 11.5. The third-order valence-corrected chi connectivity index (χ3v) is 5.01. The van der Waals surface area contributed by atoms with E-state index in [-0.39, 0.29) is 23.7 Å². The third-order valence-electron chi connectivity index (χ3n) is 3.79. The fourth-order valence-electron chi connectivity index (χ4n) is 2.44. The fraction of sp³-hybridized carbons (Fsp3) is 0.333. The fourth-order valence-corrected chi connectivity index (χ4v) is 3.64. The van der Waals surface area contributed by atoms with Crippen molar-refractivity contribution >= 4 is 39.8 Å². The van der Waals surface area contributed by atoms with Crippen LogP contribution in [-0.2, 0) is 9.53 Å². The monoisotopic (exact) mass is 434 g/mol. The lowest BCUT2D eigenvalue weighted by Crippen LogP contribution is -2.32. The van der Waals surface area contributed by atoms with Crippen LogP contribution in [0.4, 0.5) is 18.2 Å². The summed E-state index contributed by atoms with van der Waals surface area (Å²) in [5.41, 5.74) is 1.25. The number of hydrogen-bond acceptors (Lipinski definition) is 5. The summed E-state index contributed by atoms with van der Waals surface area (Å²) in [5, 5.41) is 4.91. The molecule has 1 aromatic heterocycles. The summed E-state index contributed by atoms with van der Waals surface area (Å²) in [6.07, 6.45) is -5.31. The molecule has 152 valence electrons. The Kier molecular flexibility index (Phi) is 7.45. The van der Waals surface area contributed by atoms with E-state index in [1.165, 1.54) is 19.1 Å². The van der Waals surface area contributed by atoms with Gasteiger partial charge >= 0.3 is 12.1 Å². The number of hydrogen-bond donors (Lipinski definition) is 1. The molecule has 10 heteroatoms. The summed E-state index contributed by atoms with van der Waals surface area (Å²) in [5.74, 6) is -1.20. The Bertz CT molecular complexity index is 855.